The van der Waals surface area contributed by atoms with Crippen molar-refractivity contribution in [1.82, 2.24) is 9.97 Å². The number of aromatic nitrogens is 2. The Morgan fingerprint density at radius 1 is 1.28 bits per heavy atom. The Morgan fingerprint density at radius 3 is 2.61 bits per heavy atom. The van der Waals surface area contributed by atoms with Crippen LogP contribution in [0.25, 0.3) is 0 Å². The van der Waals surface area contributed by atoms with E-state index in [1.54, 1.807) is 13.3 Å². The molecule has 4 nitrogen and oxygen atoms in total. The molecule has 2 aromatic rings. The normalized spacial score (nSPS) is 11.9. The first-order valence-electron chi connectivity index (χ1n) is 5.56. The Hall–Kier alpha value is -1.81. The van der Waals surface area contributed by atoms with E-state index in [4.69, 9.17) is 16.3 Å². The number of benzene rings is 1. The van der Waals surface area contributed by atoms with E-state index in [9.17, 15) is 0 Å². The molecule has 0 amide bonds. The van der Waals surface area contributed by atoms with Crippen LogP contribution in [0, 0.1) is 0 Å². The maximum absolute atomic E-state index is 6.00. The molecule has 0 spiro atoms. The largest absolute Gasteiger partial charge is 0.497 e. The van der Waals surface area contributed by atoms with Crippen LogP contribution in [-0.4, -0.2) is 17.1 Å². The van der Waals surface area contributed by atoms with Crippen molar-refractivity contribution in [2.45, 2.75) is 13.0 Å². The Morgan fingerprint density at radius 2 is 2.00 bits per heavy atom. The van der Waals surface area contributed by atoms with E-state index in [2.05, 4.69) is 15.3 Å². The van der Waals surface area contributed by atoms with Gasteiger partial charge in [-0.25, -0.2) is 9.97 Å². The van der Waals surface area contributed by atoms with E-state index in [0.29, 0.717) is 10.8 Å². The summed E-state index contributed by atoms with van der Waals surface area (Å²) < 4.78 is 5.12. The van der Waals surface area contributed by atoms with Crippen LogP contribution in [0.1, 0.15) is 18.5 Å². The summed E-state index contributed by atoms with van der Waals surface area (Å²) >= 11 is 6.00. The highest BCUT2D eigenvalue weighted by molar-refractivity contribution is 6.32. The van der Waals surface area contributed by atoms with Gasteiger partial charge in [-0.05, 0) is 24.6 Å². The zero-order valence-electron chi connectivity index (χ0n) is 10.2. The van der Waals surface area contributed by atoms with E-state index >= 15 is 0 Å². The molecule has 0 aliphatic heterocycles. The van der Waals surface area contributed by atoms with Crippen molar-refractivity contribution in [2.24, 2.45) is 0 Å². The van der Waals surface area contributed by atoms with Gasteiger partial charge in [0.1, 0.15) is 22.9 Å². The predicted molar refractivity (Wildman–Crippen MR) is 72.1 cm³/mol. The molecule has 0 aliphatic rings. The van der Waals surface area contributed by atoms with Gasteiger partial charge in [0.25, 0.3) is 0 Å². The lowest BCUT2D eigenvalue weighted by molar-refractivity contribution is 0.414. The number of anilines is 1. The van der Waals surface area contributed by atoms with Crippen LogP contribution in [-0.2, 0) is 0 Å². The van der Waals surface area contributed by atoms with E-state index in [0.717, 1.165) is 11.3 Å². The van der Waals surface area contributed by atoms with E-state index in [-0.39, 0.29) is 6.04 Å². The molecule has 0 saturated heterocycles. The first kappa shape index (κ1) is 12.6. The van der Waals surface area contributed by atoms with Gasteiger partial charge in [-0.3, -0.25) is 0 Å². The fraction of sp³-hybridized carbons (Fsp3) is 0.231. The lowest BCUT2D eigenvalue weighted by atomic mass is 10.1. The first-order valence-corrected chi connectivity index (χ1v) is 5.94. The summed E-state index contributed by atoms with van der Waals surface area (Å²) in [6.45, 7) is 2.04. The number of hydrogen-bond acceptors (Lipinski definition) is 4. The number of methoxy groups -OCH3 is 1. The Labute approximate surface area is 111 Å². The third-order valence-electron chi connectivity index (χ3n) is 2.64. The van der Waals surface area contributed by atoms with Gasteiger partial charge in [0.05, 0.1) is 13.3 Å². The van der Waals surface area contributed by atoms with Crippen molar-refractivity contribution >= 4 is 17.4 Å². The van der Waals surface area contributed by atoms with Crippen LogP contribution in [0.3, 0.4) is 0 Å². The molecule has 1 aromatic heterocycles. The number of nitrogens with zero attached hydrogens (tertiary/aromatic N) is 2. The third kappa shape index (κ3) is 2.90. The fourth-order valence-electron chi connectivity index (χ4n) is 1.60. The average molecular weight is 264 g/mol. The number of halogens is 1. The summed E-state index contributed by atoms with van der Waals surface area (Å²) in [4.78, 5) is 7.95. The highest BCUT2D eigenvalue weighted by atomic mass is 35.5. The summed E-state index contributed by atoms with van der Waals surface area (Å²) in [5, 5.41) is 3.75. The molecule has 1 atom stereocenters. The Bertz CT molecular complexity index is 516. The molecular weight excluding hydrogens is 250 g/mol. The fourth-order valence-corrected chi connectivity index (χ4v) is 1.76. The zero-order valence-corrected chi connectivity index (χ0v) is 11.0. The molecule has 2 rings (SSSR count). The lowest BCUT2D eigenvalue weighted by Crippen LogP contribution is -2.08. The molecule has 1 N–H and O–H groups in total. The SMILES string of the molecule is COc1ccc(C(C)Nc2ncncc2Cl)cc1. The van der Waals surface area contributed by atoms with Crippen LogP contribution in [0.4, 0.5) is 5.82 Å². The van der Waals surface area contributed by atoms with Crippen LogP contribution in [0.15, 0.2) is 36.8 Å². The van der Waals surface area contributed by atoms with Gasteiger partial charge in [-0.15, -0.1) is 0 Å². The van der Waals surface area contributed by atoms with Crippen molar-refractivity contribution in [1.29, 1.82) is 0 Å². The lowest BCUT2D eigenvalue weighted by Gasteiger charge is -2.15. The molecular formula is C13H14ClN3O. The molecule has 18 heavy (non-hydrogen) atoms. The standard InChI is InChI=1S/C13H14ClN3O/c1-9(10-3-5-11(18-2)6-4-10)17-13-12(14)7-15-8-16-13/h3-9H,1-2H3,(H,15,16,17). The van der Waals surface area contributed by atoms with Crippen molar-refractivity contribution in [2.75, 3.05) is 12.4 Å². The molecule has 1 aromatic carbocycles. The second-order valence-corrected chi connectivity index (χ2v) is 4.27. The highest BCUT2D eigenvalue weighted by Gasteiger charge is 2.08. The number of ether oxygens (including phenoxy) is 1. The summed E-state index contributed by atoms with van der Waals surface area (Å²) in [6, 6.07) is 7.96. The first-order chi connectivity index (χ1) is 8.70. The van der Waals surface area contributed by atoms with Crippen LogP contribution in [0.5, 0.6) is 5.75 Å². The van der Waals surface area contributed by atoms with Gasteiger partial charge in [0.2, 0.25) is 0 Å². The molecule has 1 heterocycles. The van der Waals surface area contributed by atoms with Gasteiger partial charge in [0.15, 0.2) is 0 Å². The molecule has 0 aliphatic carbocycles. The Balaban J connectivity index is 2.11. The summed E-state index contributed by atoms with van der Waals surface area (Å²) in [6.07, 6.45) is 3.03. The summed E-state index contributed by atoms with van der Waals surface area (Å²) in [7, 11) is 1.65. The quantitative estimate of drug-likeness (QED) is 0.919. The van der Waals surface area contributed by atoms with Crippen molar-refractivity contribution in [3.63, 3.8) is 0 Å². The van der Waals surface area contributed by atoms with Gasteiger partial charge in [0, 0.05) is 6.04 Å². The van der Waals surface area contributed by atoms with Gasteiger partial charge in [-0.2, -0.15) is 0 Å². The van der Waals surface area contributed by atoms with E-state index in [1.807, 2.05) is 31.2 Å². The minimum atomic E-state index is 0.100. The zero-order chi connectivity index (χ0) is 13.0. The molecule has 0 bridgehead atoms. The van der Waals surface area contributed by atoms with Gasteiger partial charge < -0.3 is 10.1 Å². The van der Waals surface area contributed by atoms with Crippen molar-refractivity contribution in [3.05, 3.63) is 47.4 Å². The maximum Gasteiger partial charge on any atom is 0.148 e. The maximum atomic E-state index is 6.00. The van der Waals surface area contributed by atoms with Crippen molar-refractivity contribution < 1.29 is 4.74 Å². The Kier molecular flexibility index (Phi) is 3.99. The van der Waals surface area contributed by atoms with Crippen LogP contribution < -0.4 is 10.1 Å². The second-order valence-electron chi connectivity index (χ2n) is 3.86. The molecule has 1 unspecified atom stereocenters. The van der Waals surface area contributed by atoms with Crippen molar-refractivity contribution in [3.8, 4) is 5.75 Å². The second kappa shape index (κ2) is 5.69. The number of hydrogen-bond donors (Lipinski definition) is 1. The minimum Gasteiger partial charge on any atom is -0.497 e. The topological polar surface area (TPSA) is 47.0 Å². The number of rotatable bonds is 4. The van der Waals surface area contributed by atoms with E-state index < -0.39 is 0 Å². The van der Waals surface area contributed by atoms with E-state index in [1.165, 1.54) is 6.33 Å². The highest BCUT2D eigenvalue weighted by Crippen LogP contribution is 2.24. The summed E-state index contributed by atoms with van der Waals surface area (Å²) in [5.41, 5.74) is 1.13. The average Bonchev–Trinajstić information content (AvgIpc) is 2.41. The predicted octanol–water partition coefficient (Wildman–Crippen LogP) is 3.31. The molecule has 5 heteroatoms. The van der Waals surface area contributed by atoms with Gasteiger partial charge in [-0.1, -0.05) is 23.7 Å². The molecule has 94 valence electrons. The third-order valence-corrected chi connectivity index (χ3v) is 2.91. The molecule has 0 fully saturated rings. The monoisotopic (exact) mass is 263 g/mol. The molecule has 0 radical (unpaired) electrons. The molecule has 0 saturated carbocycles. The minimum absolute atomic E-state index is 0.100. The summed E-state index contributed by atoms with van der Waals surface area (Å²) in [5.74, 6) is 1.47. The van der Waals surface area contributed by atoms with Gasteiger partial charge >= 0.3 is 0 Å². The van der Waals surface area contributed by atoms with Crippen LogP contribution >= 0.6 is 11.6 Å². The number of nitrogens with one attached hydrogen (secondary N) is 1. The smallest absolute Gasteiger partial charge is 0.148 e. The van der Waals surface area contributed by atoms with Crippen LogP contribution in [0.2, 0.25) is 5.02 Å².